The minimum absolute atomic E-state index is 0.144. The van der Waals surface area contributed by atoms with E-state index in [1.54, 1.807) is 53.4 Å². The molecule has 4 amide bonds. The summed E-state index contributed by atoms with van der Waals surface area (Å²) >= 11 is 0. The first-order chi connectivity index (χ1) is 15.0. The first-order valence-corrected chi connectivity index (χ1v) is 9.75. The fourth-order valence-corrected chi connectivity index (χ4v) is 3.96. The molecule has 0 fully saturated rings. The first-order valence-electron chi connectivity index (χ1n) is 9.75. The summed E-state index contributed by atoms with van der Waals surface area (Å²) in [5, 5.41) is 2.73. The maximum atomic E-state index is 12.6. The van der Waals surface area contributed by atoms with E-state index in [0.717, 1.165) is 16.2 Å². The maximum Gasteiger partial charge on any atom is 0.262 e. The molecule has 0 atom stereocenters. The largest absolute Gasteiger partial charge is 0.472 e. The Bertz CT molecular complexity index is 1200. The highest BCUT2D eigenvalue weighted by atomic mass is 16.3. The number of carbonyl (C=O) groups excluding carboxylic acids is 4. The quantitative estimate of drug-likeness (QED) is 0.661. The Hall–Kier alpha value is -4.20. The highest BCUT2D eigenvalue weighted by Crippen LogP contribution is 2.32. The molecule has 0 radical (unpaired) electrons. The Labute approximate surface area is 177 Å². The molecule has 1 aromatic heterocycles. The number of imide groups is 1. The maximum absolute atomic E-state index is 12.6. The van der Waals surface area contributed by atoms with Gasteiger partial charge in [-0.05, 0) is 48.4 Å². The second kappa shape index (κ2) is 7.24. The van der Waals surface area contributed by atoms with Crippen molar-refractivity contribution in [2.24, 2.45) is 0 Å². The molecular formula is C23H17N3O5. The fourth-order valence-electron chi connectivity index (χ4n) is 3.96. The van der Waals surface area contributed by atoms with Crippen LogP contribution in [0.1, 0.15) is 36.6 Å². The molecule has 0 unspecified atom stereocenters. The van der Waals surface area contributed by atoms with Crippen LogP contribution < -0.4 is 10.2 Å². The van der Waals surface area contributed by atoms with Gasteiger partial charge in [0.05, 0.1) is 23.0 Å². The normalized spacial score (nSPS) is 14.6. The molecule has 0 bridgehead atoms. The van der Waals surface area contributed by atoms with Crippen LogP contribution in [-0.2, 0) is 11.2 Å². The number of anilines is 2. The van der Waals surface area contributed by atoms with Gasteiger partial charge in [-0.2, -0.15) is 0 Å². The van der Waals surface area contributed by atoms with Gasteiger partial charge in [-0.3, -0.25) is 24.1 Å². The minimum Gasteiger partial charge on any atom is -0.472 e. The number of nitrogens with zero attached hydrogens (tertiary/aromatic N) is 2. The zero-order valence-corrected chi connectivity index (χ0v) is 16.3. The number of amides is 4. The summed E-state index contributed by atoms with van der Waals surface area (Å²) in [4.78, 5) is 52.6. The molecule has 2 aliphatic rings. The number of benzene rings is 2. The van der Waals surface area contributed by atoms with Crippen molar-refractivity contribution >= 4 is 35.0 Å². The third-order valence-corrected chi connectivity index (χ3v) is 5.45. The van der Waals surface area contributed by atoms with Crippen LogP contribution in [0.4, 0.5) is 11.4 Å². The number of fused-ring (bicyclic) bond motifs is 2. The summed E-state index contributed by atoms with van der Waals surface area (Å²) in [6, 6.07) is 13.4. The van der Waals surface area contributed by atoms with E-state index >= 15 is 0 Å². The first kappa shape index (κ1) is 18.8. The average molecular weight is 415 g/mol. The molecule has 8 heteroatoms. The Morgan fingerprint density at radius 2 is 1.74 bits per heavy atom. The van der Waals surface area contributed by atoms with Crippen LogP contribution in [-0.4, -0.2) is 41.6 Å². The Kier molecular flexibility index (Phi) is 4.39. The van der Waals surface area contributed by atoms with Gasteiger partial charge in [-0.15, -0.1) is 0 Å². The molecule has 2 aromatic carbocycles. The van der Waals surface area contributed by atoms with Crippen LogP contribution in [0.3, 0.4) is 0 Å². The number of hydrogen-bond donors (Lipinski definition) is 1. The smallest absolute Gasteiger partial charge is 0.262 e. The number of hydrogen-bond acceptors (Lipinski definition) is 5. The number of carbonyl (C=O) groups is 4. The van der Waals surface area contributed by atoms with Gasteiger partial charge in [0.15, 0.2) is 0 Å². The minimum atomic E-state index is -0.474. The van der Waals surface area contributed by atoms with Crippen molar-refractivity contribution in [3.8, 4) is 0 Å². The zero-order chi connectivity index (χ0) is 21.5. The van der Waals surface area contributed by atoms with Gasteiger partial charge in [0.25, 0.3) is 17.7 Å². The lowest BCUT2D eigenvalue weighted by Crippen LogP contribution is -2.37. The van der Waals surface area contributed by atoms with Gasteiger partial charge in [-0.1, -0.05) is 12.1 Å². The molecule has 0 spiro atoms. The van der Waals surface area contributed by atoms with E-state index in [9.17, 15) is 19.2 Å². The summed E-state index contributed by atoms with van der Waals surface area (Å²) in [7, 11) is 0. The van der Waals surface area contributed by atoms with Crippen LogP contribution in [0.2, 0.25) is 0 Å². The van der Waals surface area contributed by atoms with Crippen LogP contribution in [0.5, 0.6) is 0 Å². The summed E-state index contributed by atoms with van der Waals surface area (Å²) in [6.07, 6.45) is 3.52. The van der Waals surface area contributed by atoms with Crippen molar-refractivity contribution in [3.05, 3.63) is 83.3 Å². The predicted molar refractivity (Wildman–Crippen MR) is 111 cm³/mol. The van der Waals surface area contributed by atoms with E-state index in [-0.39, 0.29) is 12.5 Å². The van der Waals surface area contributed by atoms with Crippen molar-refractivity contribution in [2.75, 3.05) is 23.3 Å². The summed E-state index contributed by atoms with van der Waals surface area (Å²) in [5.41, 5.74) is 3.34. The molecule has 3 heterocycles. The molecule has 2 aliphatic heterocycles. The Morgan fingerprint density at radius 3 is 2.42 bits per heavy atom. The van der Waals surface area contributed by atoms with Gasteiger partial charge < -0.3 is 14.6 Å². The third-order valence-electron chi connectivity index (χ3n) is 5.45. The fraction of sp³-hybridized carbons (Fsp3) is 0.130. The van der Waals surface area contributed by atoms with Crippen molar-refractivity contribution in [1.29, 1.82) is 0 Å². The summed E-state index contributed by atoms with van der Waals surface area (Å²) in [6.45, 7) is 0.167. The van der Waals surface area contributed by atoms with Gasteiger partial charge in [0.1, 0.15) is 12.8 Å². The van der Waals surface area contributed by atoms with Gasteiger partial charge >= 0.3 is 0 Å². The van der Waals surface area contributed by atoms with E-state index in [1.807, 2.05) is 0 Å². The highest BCUT2D eigenvalue weighted by Gasteiger charge is 2.36. The van der Waals surface area contributed by atoms with Crippen molar-refractivity contribution < 1.29 is 23.6 Å². The third kappa shape index (κ3) is 3.18. The zero-order valence-electron chi connectivity index (χ0n) is 16.3. The van der Waals surface area contributed by atoms with Crippen molar-refractivity contribution in [2.45, 2.75) is 6.42 Å². The van der Waals surface area contributed by atoms with Crippen LogP contribution >= 0.6 is 0 Å². The van der Waals surface area contributed by atoms with Gasteiger partial charge in [-0.25, -0.2) is 0 Å². The molecule has 8 nitrogen and oxygen atoms in total. The average Bonchev–Trinajstić information content (AvgIpc) is 3.50. The van der Waals surface area contributed by atoms with E-state index in [2.05, 4.69) is 5.32 Å². The van der Waals surface area contributed by atoms with Crippen LogP contribution in [0, 0.1) is 0 Å². The molecule has 5 rings (SSSR count). The number of rotatable bonds is 4. The lowest BCUT2D eigenvalue weighted by atomic mass is 10.1. The summed E-state index contributed by atoms with van der Waals surface area (Å²) in [5.74, 6) is -1.56. The standard InChI is InChI=1S/C23H17N3O5/c27-20(12-26-22(29)17-3-1-2-4-18(17)23(26)30)24-16-5-6-19-14(11-16)7-9-25(19)21(28)15-8-10-31-13-15/h1-6,8,10-11,13H,7,9,12H2,(H,24,27). The van der Waals surface area contributed by atoms with Gasteiger partial charge in [0, 0.05) is 17.9 Å². The number of furan rings is 1. The lowest BCUT2D eigenvalue weighted by Gasteiger charge is -2.17. The monoisotopic (exact) mass is 415 g/mol. The molecule has 0 aliphatic carbocycles. The molecule has 0 saturated carbocycles. The molecular weight excluding hydrogens is 398 g/mol. The SMILES string of the molecule is O=C(CN1C(=O)c2ccccc2C1=O)Nc1ccc2c(c1)CCN2C(=O)c1ccoc1. The molecule has 0 saturated heterocycles. The van der Waals surface area contributed by atoms with Gasteiger partial charge in [0.2, 0.25) is 5.91 Å². The second-order valence-electron chi connectivity index (χ2n) is 7.35. The lowest BCUT2D eigenvalue weighted by molar-refractivity contribution is -0.116. The number of nitrogens with one attached hydrogen (secondary N) is 1. The Morgan fingerprint density at radius 1 is 1.00 bits per heavy atom. The topological polar surface area (TPSA) is 99.9 Å². The summed E-state index contributed by atoms with van der Waals surface area (Å²) < 4.78 is 4.99. The van der Waals surface area contributed by atoms with Crippen LogP contribution in [0.15, 0.2) is 65.5 Å². The van der Waals surface area contributed by atoms with E-state index in [0.29, 0.717) is 35.3 Å². The molecule has 3 aromatic rings. The highest BCUT2D eigenvalue weighted by molar-refractivity contribution is 6.22. The predicted octanol–water partition coefficient (Wildman–Crippen LogP) is 2.72. The molecule has 1 N–H and O–H groups in total. The second-order valence-corrected chi connectivity index (χ2v) is 7.35. The molecule has 31 heavy (non-hydrogen) atoms. The van der Waals surface area contributed by atoms with Crippen molar-refractivity contribution in [3.63, 3.8) is 0 Å². The van der Waals surface area contributed by atoms with E-state index < -0.39 is 17.7 Å². The van der Waals surface area contributed by atoms with Crippen LogP contribution in [0.25, 0.3) is 0 Å². The Balaban J connectivity index is 1.28. The van der Waals surface area contributed by atoms with Crippen molar-refractivity contribution in [1.82, 2.24) is 4.90 Å². The molecule has 154 valence electrons. The van der Waals surface area contributed by atoms with E-state index in [4.69, 9.17) is 4.42 Å². The van der Waals surface area contributed by atoms with E-state index in [1.165, 1.54) is 12.5 Å².